The van der Waals surface area contributed by atoms with Crippen LogP contribution in [-0.4, -0.2) is 64.8 Å². The quantitative estimate of drug-likeness (QED) is 0.191. The number of piperidine rings is 1. The number of hydrogen-bond acceptors (Lipinski definition) is 8. The first-order valence-electron chi connectivity index (χ1n) is 16.5. The number of nitrogens with zero attached hydrogens (tertiary/aromatic N) is 2. The predicted octanol–water partition coefficient (Wildman–Crippen LogP) is 3.66. The van der Waals surface area contributed by atoms with Crippen molar-refractivity contribution in [2.24, 2.45) is 5.92 Å². The zero-order valence-corrected chi connectivity index (χ0v) is 28.5. The Balaban J connectivity index is 1.50. The molecule has 4 rings (SSSR count). The lowest BCUT2D eigenvalue weighted by atomic mass is 9.97. The van der Waals surface area contributed by atoms with Crippen molar-refractivity contribution in [3.63, 3.8) is 0 Å². The molecule has 0 bridgehead atoms. The zero-order chi connectivity index (χ0) is 34.7. The van der Waals surface area contributed by atoms with Crippen molar-refractivity contribution in [3.05, 3.63) is 77.6 Å². The number of ether oxygens (including phenoxy) is 2. The van der Waals surface area contributed by atoms with Gasteiger partial charge in [0.05, 0.1) is 24.9 Å². The van der Waals surface area contributed by atoms with Crippen LogP contribution in [0.15, 0.2) is 60.9 Å². The average molecular weight is 661 g/mol. The van der Waals surface area contributed by atoms with E-state index in [2.05, 4.69) is 26.4 Å². The highest BCUT2D eigenvalue weighted by Crippen LogP contribution is 2.21. The first-order valence-corrected chi connectivity index (χ1v) is 16.5. The van der Waals surface area contributed by atoms with Gasteiger partial charge in [-0.1, -0.05) is 24.3 Å². The number of benzene rings is 2. The van der Waals surface area contributed by atoms with E-state index in [4.69, 9.17) is 9.47 Å². The number of para-hydroxylation sites is 1. The molecule has 3 amide bonds. The molecule has 4 N–H and O–H groups in total. The maximum atomic E-state index is 13.8. The van der Waals surface area contributed by atoms with Gasteiger partial charge in [0.25, 0.3) is 0 Å². The molecule has 2 unspecified atom stereocenters. The second-order valence-corrected chi connectivity index (χ2v) is 13.2. The van der Waals surface area contributed by atoms with Crippen LogP contribution in [0.25, 0.3) is 5.69 Å². The first-order chi connectivity index (χ1) is 22.9. The molecule has 0 aliphatic carbocycles. The van der Waals surface area contributed by atoms with Gasteiger partial charge in [-0.25, -0.2) is 4.68 Å². The van der Waals surface area contributed by atoms with E-state index >= 15 is 0 Å². The van der Waals surface area contributed by atoms with Gasteiger partial charge in [0.15, 0.2) is 0 Å². The van der Waals surface area contributed by atoms with Crippen molar-refractivity contribution in [2.45, 2.75) is 84.5 Å². The molecule has 1 aliphatic heterocycles. The number of carbonyl (C=O) groups is 4. The van der Waals surface area contributed by atoms with Gasteiger partial charge in [-0.15, -0.1) is 0 Å². The van der Waals surface area contributed by atoms with E-state index in [9.17, 15) is 19.2 Å². The maximum Gasteiger partial charge on any atom is 0.308 e. The minimum absolute atomic E-state index is 0.181. The average Bonchev–Trinajstić information content (AvgIpc) is 3.53. The number of amides is 3. The van der Waals surface area contributed by atoms with Crippen molar-refractivity contribution < 1.29 is 28.7 Å². The maximum absolute atomic E-state index is 13.8. The van der Waals surface area contributed by atoms with E-state index in [-0.39, 0.29) is 6.54 Å². The normalized spacial score (nSPS) is 15.9. The lowest BCUT2D eigenvalue weighted by Gasteiger charge is -2.24. The lowest BCUT2D eigenvalue weighted by molar-refractivity contribution is -0.156. The van der Waals surface area contributed by atoms with E-state index in [0.717, 1.165) is 42.1 Å². The molecule has 0 saturated carbocycles. The van der Waals surface area contributed by atoms with E-state index in [1.54, 1.807) is 31.6 Å². The van der Waals surface area contributed by atoms with Crippen molar-refractivity contribution in [1.29, 1.82) is 0 Å². The van der Waals surface area contributed by atoms with Gasteiger partial charge < -0.3 is 30.7 Å². The summed E-state index contributed by atoms with van der Waals surface area (Å²) in [5.41, 5.74) is 2.24. The monoisotopic (exact) mass is 660 g/mol. The topological polar surface area (TPSA) is 153 Å². The number of rotatable bonds is 14. The molecule has 2 heterocycles. The zero-order valence-electron chi connectivity index (χ0n) is 28.5. The van der Waals surface area contributed by atoms with Gasteiger partial charge in [0, 0.05) is 25.2 Å². The highest BCUT2D eigenvalue weighted by Gasteiger charge is 2.31. The third-order valence-corrected chi connectivity index (χ3v) is 7.96. The fraction of sp³-hybridized carbons (Fsp3) is 0.472. The molecule has 1 aromatic heterocycles. The van der Waals surface area contributed by atoms with Crippen LogP contribution in [0.2, 0.25) is 0 Å². The van der Waals surface area contributed by atoms with E-state index in [0.29, 0.717) is 18.1 Å². The van der Waals surface area contributed by atoms with Crippen LogP contribution < -0.4 is 26.0 Å². The fourth-order valence-corrected chi connectivity index (χ4v) is 5.48. The Morgan fingerprint density at radius 3 is 2.52 bits per heavy atom. The molecule has 3 aromatic rings. The minimum atomic E-state index is -1.27. The van der Waals surface area contributed by atoms with Crippen molar-refractivity contribution in [3.8, 4) is 11.4 Å². The number of hydrogen-bond donors (Lipinski definition) is 4. The SMILES string of the molecule is CC(=O)N[C@@H](CC(=O)OC(C)(C)C)C(=O)NC(C(=O)NCc1cc(OCCC2CCCNC2)ccc1C)c1cnn(-c2ccccc2)c1. The molecule has 1 saturated heterocycles. The lowest BCUT2D eigenvalue weighted by Crippen LogP contribution is -2.51. The highest BCUT2D eigenvalue weighted by atomic mass is 16.6. The Morgan fingerprint density at radius 1 is 1.06 bits per heavy atom. The molecule has 3 atom stereocenters. The van der Waals surface area contributed by atoms with Gasteiger partial charge in [-0.2, -0.15) is 5.10 Å². The van der Waals surface area contributed by atoms with Crippen LogP contribution in [0, 0.1) is 12.8 Å². The largest absolute Gasteiger partial charge is 0.494 e. The molecule has 0 radical (unpaired) electrons. The summed E-state index contributed by atoms with van der Waals surface area (Å²) in [6.45, 7) is 11.2. The van der Waals surface area contributed by atoms with Crippen molar-refractivity contribution in [2.75, 3.05) is 19.7 Å². The summed E-state index contributed by atoms with van der Waals surface area (Å²) in [6.07, 6.45) is 6.10. The van der Waals surface area contributed by atoms with Gasteiger partial charge in [0.2, 0.25) is 17.7 Å². The third-order valence-electron chi connectivity index (χ3n) is 7.96. The minimum Gasteiger partial charge on any atom is -0.494 e. The second kappa shape index (κ2) is 16.9. The first kappa shape index (κ1) is 36.1. The van der Waals surface area contributed by atoms with Crippen LogP contribution in [0.1, 0.15) is 76.1 Å². The molecular formula is C36H48N6O6. The highest BCUT2D eigenvalue weighted by molar-refractivity contribution is 5.94. The molecular weight excluding hydrogens is 612 g/mol. The Kier molecular flexibility index (Phi) is 12.7. The number of aryl methyl sites for hydroxylation is 1. The summed E-state index contributed by atoms with van der Waals surface area (Å²) < 4.78 is 13.0. The van der Waals surface area contributed by atoms with Crippen LogP contribution >= 0.6 is 0 Å². The van der Waals surface area contributed by atoms with Gasteiger partial charge in [-0.05, 0) is 101 Å². The smallest absolute Gasteiger partial charge is 0.308 e. The molecule has 0 spiro atoms. The molecule has 2 aromatic carbocycles. The summed E-state index contributed by atoms with van der Waals surface area (Å²) in [7, 11) is 0. The Labute approximate surface area is 282 Å². The number of carbonyl (C=O) groups excluding carboxylic acids is 4. The summed E-state index contributed by atoms with van der Waals surface area (Å²) in [5, 5.41) is 16.0. The summed E-state index contributed by atoms with van der Waals surface area (Å²) in [5.74, 6) is -1.06. The molecule has 12 heteroatoms. The van der Waals surface area contributed by atoms with Gasteiger partial charge in [0.1, 0.15) is 23.4 Å². The summed E-state index contributed by atoms with van der Waals surface area (Å²) in [4.78, 5) is 52.0. The third kappa shape index (κ3) is 11.2. The molecule has 48 heavy (non-hydrogen) atoms. The number of nitrogens with one attached hydrogen (secondary N) is 4. The van der Waals surface area contributed by atoms with Crippen molar-refractivity contribution in [1.82, 2.24) is 31.0 Å². The second-order valence-electron chi connectivity index (χ2n) is 13.2. The van der Waals surface area contributed by atoms with E-state index in [1.807, 2.05) is 55.5 Å². The van der Waals surface area contributed by atoms with Crippen LogP contribution in [0.4, 0.5) is 0 Å². The van der Waals surface area contributed by atoms with Crippen LogP contribution in [0.3, 0.4) is 0 Å². The van der Waals surface area contributed by atoms with Crippen LogP contribution in [-0.2, 0) is 30.5 Å². The van der Waals surface area contributed by atoms with Crippen LogP contribution in [0.5, 0.6) is 5.75 Å². The standard InChI is InChI=1S/C36H48N6O6/c1-24-13-14-30(47-17-15-26-10-9-16-37-20-26)18-27(24)21-38-35(46)33(28-22-39-42(23-28)29-11-7-6-8-12-29)41-34(45)31(40-25(2)43)19-32(44)48-36(3,4)5/h6-8,11-14,18,22-23,26,31,33,37H,9-10,15-17,19-21H2,1-5H3,(H,38,46)(H,40,43)(H,41,45)/t26?,31-,33?/m0/s1. The Morgan fingerprint density at radius 2 is 1.83 bits per heavy atom. The Bertz CT molecular complexity index is 1540. The summed E-state index contributed by atoms with van der Waals surface area (Å²) >= 11 is 0. The van der Waals surface area contributed by atoms with Gasteiger partial charge >= 0.3 is 5.97 Å². The Hall–Kier alpha value is -4.71. The number of esters is 1. The predicted molar refractivity (Wildman–Crippen MR) is 181 cm³/mol. The van der Waals surface area contributed by atoms with E-state index in [1.165, 1.54) is 26.0 Å². The molecule has 1 fully saturated rings. The fourth-order valence-electron chi connectivity index (χ4n) is 5.48. The summed E-state index contributed by atoms with van der Waals surface area (Å²) in [6, 6.07) is 12.7. The van der Waals surface area contributed by atoms with Gasteiger partial charge in [-0.3, -0.25) is 19.2 Å². The molecule has 258 valence electrons. The van der Waals surface area contributed by atoms with Crippen molar-refractivity contribution >= 4 is 23.7 Å². The van der Waals surface area contributed by atoms with E-state index < -0.39 is 47.8 Å². The molecule has 1 aliphatic rings. The molecule has 12 nitrogen and oxygen atoms in total. The number of aromatic nitrogens is 2.